The molecule has 1 aliphatic rings. The van der Waals surface area contributed by atoms with Crippen LogP contribution in [0.25, 0.3) is 0 Å². The fourth-order valence-electron chi connectivity index (χ4n) is 3.62. The van der Waals surface area contributed by atoms with Crippen molar-refractivity contribution in [2.75, 3.05) is 0 Å². The Morgan fingerprint density at radius 2 is 1.74 bits per heavy atom. The fourth-order valence-corrected chi connectivity index (χ4v) is 3.62. The summed E-state index contributed by atoms with van der Waals surface area (Å²) in [6, 6.07) is 2.03. The van der Waals surface area contributed by atoms with Crippen LogP contribution < -0.4 is 0 Å². The van der Waals surface area contributed by atoms with Crippen molar-refractivity contribution in [1.29, 1.82) is 0 Å². The minimum absolute atomic E-state index is 0.133. The summed E-state index contributed by atoms with van der Waals surface area (Å²) in [5.74, 6) is -3.82. The van der Waals surface area contributed by atoms with Crippen LogP contribution in [0.1, 0.15) is 45.6 Å². The summed E-state index contributed by atoms with van der Waals surface area (Å²) in [7, 11) is 0. The normalized spacial score (nSPS) is 30.4. The molecule has 1 aliphatic carbocycles. The molecule has 1 aromatic rings. The van der Waals surface area contributed by atoms with E-state index in [1.807, 2.05) is 20.8 Å². The van der Waals surface area contributed by atoms with Gasteiger partial charge in [0.15, 0.2) is 17.5 Å². The number of hydrogen-bond donors (Lipinski definition) is 1. The lowest BCUT2D eigenvalue weighted by Crippen LogP contribution is -2.40. The van der Waals surface area contributed by atoms with Gasteiger partial charge in [-0.05, 0) is 36.7 Å². The molecule has 0 aliphatic heterocycles. The van der Waals surface area contributed by atoms with E-state index in [9.17, 15) is 18.3 Å². The predicted octanol–water partition coefficient (Wildman–Crippen LogP) is 4.14. The van der Waals surface area contributed by atoms with Crippen molar-refractivity contribution < 1.29 is 18.3 Å². The molecule has 4 heteroatoms. The molecule has 1 N–H and O–H groups in total. The van der Waals surface area contributed by atoms with E-state index in [0.717, 1.165) is 18.6 Å². The van der Waals surface area contributed by atoms with Gasteiger partial charge in [-0.2, -0.15) is 0 Å². The Labute approximate surface area is 111 Å². The van der Waals surface area contributed by atoms with E-state index in [0.29, 0.717) is 12.8 Å². The third-order valence-electron chi connectivity index (χ3n) is 3.89. The number of halogens is 3. The Hall–Kier alpha value is -1.03. The van der Waals surface area contributed by atoms with E-state index < -0.39 is 23.1 Å². The van der Waals surface area contributed by atoms with E-state index in [-0.39, 0.29) is 16.9 Å². The largest absolute Gasteiger partial charge is 0.385 e. The van der Waals surface area contributed by atoms with Gasteiger partial charge < -0.3 is 5.11 Å². The zero-order chi connectivity index (χ0) is 14.4. The second-order valence-electron chi connectivity index (χ2n) is 6.61. The highest BCUT2D eigenvalue weighted by atomic mass is 19.2. The van der Waals surface area contributed by atoms with Crippen molar-refractivity contribution >= 4 is 0 Å². The molecule has 1 nitrogen and oxygen atoms in total. The molecule has 2 atom stereocenters. The zero-order valence-electron chi connectivity index (χ0n) is 11.4. The quantitative estimate of drug-likeness (QED) is 0.762. The van der Waals surface area contributed by atoms with Crippen LogP contribution in [-0.2, 0) is 5.60 Å². The average Bonchev–Trinajstić information content (AvgIpc) is 2.22. The summed E-state index contributed by atoms with van der Waals surface area (Å²) in [5.41, 5.74) is -1.73. The average molecular weight is 272 g/mol. The molecule has 0 saturated heterocycles. The standard InChI is InChI=1S/C15H19F3O/c1-9-6-14(2,3)8-15(19,7-9)10-4-5-11(16)13(18)12(10)17/h4-5,9,19H,6-8H2,1-3H3. The summed E-state index contributed by atoms with van der Waals surface area (Å²) >= 11 is 0. The molecule has 19 heavy (non-hydrogen) atoms. The monoisotopic (exact) mass is 272 g/mol. The van der Waals surface area contributed by atoms with Crippen LogP contribution in [0.5, 0.6) is 0 Å². The van der Waals surface area contributed by atoms with E-state index in [1.54, 1.807) is 0 Å². The summed E-state index contributed by atoms with van der Waals surface area (Å²) in [5, 5.41) is 10.7. The Bertz CT molecular complexity index is 498. The number of benzene rings is 1. The van der Waals surface area contributed by atoms with Gasteiger partial charge >= 0.3 is 0 Å². The minimum atomic E-state index is -1.51. The molecular formula is C15H19F3O. The molecule has 1 saturated carbocycles. The summed E-state index contributed by atoms with van der Waals surface area (Å²) in [6.45, 7) is 5.96. The summed E-state index contributed by atoms with van der Waals surface area (Å²) < 4.78 is 40.2. The SMILES string of the molecule is CC1CC(C)(C)CC(O)(c2ccc(F)c(F)c2F)C1. The zero-order valence-corrected chi connectivity index (χ0v) is 11.4. The molecule has 1 aromatic carbocycles. The van der Waals surface area contributed by atoms with Crippen molar-refractivity contribution in [2.24, 2.45) is 11.3 Å². The molecule has 1 fully saturated rings. The van der Waals surface area contributed by atoms with Crippen molar-refractivity contribution in [3.05, 3.63) is 35.1 Å². The maximum absolute atomic E-state index is 13.9. The molecular weight excluding hydrogens is 253 g/mol. The van der Waals surface area contributed by atoms with E-state index in [2.05, 4.69) is 0 Å². The van der Waals surface area contributed by atoms with Gasteiger partial charge in [0, 0.05) is 5.56 Å². The van der Waals surface area contributed by atoms with E-state index in [4.69, 9.17) is 0 Å². The summed E-state index contributed by atoms with van der Waals surface area (Å²) in [6.07, 6.45) is 1.62. The highest BCUT2D eigenvalue weighted by Crippen LogP contribution is 2.49. The first-order chi connectivity index (χ1) is 8.65. The highest BCUT2D eigenvalue weighted by molar-refractivity contribution is 5.27. The molecule has 0 bridgehead atoms. The molecule has 2 rings (SSSR count). The van der Waals surface area contributed by atoms with E-state index >= 15 is 0 Å². The van der Waals surface area contributed by atoms with Gasteiger partial charge in [-0.15, -0.1) is 0 Å². The molecule has 0 radical (unpaired) electrons. The molecule has 0 heterocycles. The first-order valence-corrected chi connectivity index (χ1v) is 6.51. The molecule has 0 amide bonds. The Morgan fingerprint density at radius 1 is 1.11 bits per heavy atom. The van der Waals surface area contributed by atoms with Gasteiger partial charge in [-0.3, -0.25) is 0 Å². The van der Waals surface area contributed by atoms with E-state index in [1.165, 1.54) is 0 Å². The smallest absolute Gasteiger partial charge is 0.194 e. The van der Waals surface area contributed by atoms with Crippen LogP contribution in [-0.4, -0.2) is 5.11 Å². The van der Waals surface area contributed by atoms with Crippen LogP contribution in [0.3, 0.4) is 0 Å². The van der Waals surface area contributed by atoms with Crippen LogP contribution >= 0.6 is 0 Å². The lowest BCUT2D eigenvalue weighted by Gasteiger charge is -2.45. The van der Waals surface area contributed by atoms with Gasteiger partial charge in [0.2, 0.25) is 0 Å². The van der Waals surface area contributed by atoms with Gasteiger partial charge in [0.05, 0.1) is 5.60 Å². The molecule has 0 aromatic heterocycles. The first-order valence-electron chi connectivity index (χ1n) is 6.51. The van der Waals surface area contributed by atoms with Crippen molar-refractivity contribution in [3.8, 4) is 0 Å². The Morgan fingerprint density at radius 3 is 2.32 bits per heavy atom. The van der Waals surface area contributed by atoms with Gasteiger partial charge in [-0.25, -0.2) is 13.2 Å². The topological polar surface area (TPSA) is 20.2 Å². The minimum Gasteiger partial charge on any atom is -0.385 e. The molecule has 2 unspecified atom stereocenters. The maximum atomic E-state index is 13.9. The lowest BCUT2D eigenvalue weighted by molar-refractivity contribution is -0.0661. The van der Waals surface area contributed by atoms with Crippen molar-refractivity contribution in [2.45, 2.75) is 45.6 Å². The van der Waals surface area contributed by atoms with Crippen molar-refractivity contribution in [1.82, 2.24) is 0 Å². The summed E-state index contributed by atoms with van der Waals surface area (Å²) in [4.78, 5) is 0. The van der Waals surface area contributed by atoms with Crippen LogP contribution in [0, 0.1) is 28.8 Å². The van der Waals surface area contributed by atoms with Crippen LogP contribution in [0.2, 0.25) is 0 Å². The third-order valence-corrected chi connectivity index (χ3v) is 3.89. The van der Waals surface area contributed by atoms with Crippen molar-refractivity contribution in [3.63, 3.8) is 0 Å². The Balaban J connectivity index is 2.48. The Kier molecular flexibility index (Phi) is 3.42. The number of rotatable bonds is 1. The molecule has 106 valence electrons. The first kappa shape index (κ1) is 14.4. The second-order valence-corrected chi connectivity index (χ2v) is 6.61. The second kappa shape index (κ2) is 4.51. The number of hydrogen-bond acceptors (Lipinski definition) is 1. The number of aliphatic hydroxyl groups is 1. The third kappa shape index (κ3) is 2.64. The lowest BCUT2D eigenvalue weighted by atomic mass is 9.64. The van der Waals surface area contributed by atoms with Crippen LogP contribution in [0.15, 0.2) is 12.1 Å². The van der Waals surface area contributed by atoms with Gasteiger partial charge in [-0.1, -0.05) is 26.8 Å². The van der Waals surface area contributed by atoms with Crippen LogP contribution in [0.4, 0.5) is 13.2 Å². The van der Waals surface area contributed by atoms with Gasteiger partial charge in [0.1, 0.15) is 0 Å². The van der Waals surface area contributed by atoms with Gasteiger partial charge in [0.25, 0.3) is 0 Å². The molecule has 0 spiro atoms. The fraction of sp³-hybridized carbons (Fsp3) is 0.600. The maximum Gasteiger partial charge on any atom is 0.194 e. The highest BCUT2D eigenvalue weighted by Gasteiger charge is 2.44. The predicted molar refractivity (Wildman–Crippen MR) is 67.0 cm³/mol.